The van der Waals surface area contributed by atoms with Crippen LogP contribution in [0.15, 0.2) is 36.4 Å². The molecule has 0 amide bonds. The first-order valence-corrected chi connectivity index (χ1v) is 6.28. The molecule has 7 heteroatoms. The molecule has 0 aliphatic carbocycles. The van der Waals surface area contributed by atoms with E-state index in [2.05, 4.69) is 10.2 Å². The highest BCUT2D eigenvalue weighted by Crippen LogP contribution is 2.29. The Labute approximate surface area is 120 Å². The third-order valence-corrected chi connectivity index (χ3v) is 3.28. The van der Waals surface area contributed by atoms with Gasteiger partial charge in [0.2, 0.25) is 0 Å². The Hall–Kier alpha value is -2.31. The molecule has 4 nitrogen and oxygen atoms in total. The highest BCUT2D eigenvalue weighted by Gasteiger charge is 2.33. The number of rotatable bonds is 3. The van der Waals surface area contributed by atoms with Gasteiger partial charge in [0.05, 0.1) is 6.04 Å². The Morgan fingerprint density at radius 1 is 1.14 bits per heavy atom. The van der Waals surface area contributed by atoms with Crippen LogP contribution in [-0.2, 0) is 6.18 Å². The van der Waals surface area contributed by atoms with Gasteiger partial charge in [-0.1, -0.05) is 12.1 Å². The number of aromatic nitrogens is 2. The Balaban J connectivity index is 2.21. The van der Waals surface area contributed by atoms with Crippen LogP contribution in [0.3, 0.4) is 0 Å². The zero-order valence-corrected chi connectivity index (χ0v) is 11.6. The summed E-state index contributed by atoms with van der Waals surface area (Å²) in [6, 6.07) is 9.44. The third kappa shape index (κ3) is 3.42. The van der Waals surface area contributed by atoms with E-state index in [-0.39, 0.29) is 6.04 Å². The van der Waals surface area contributed by atoms with E-state index in [1.54, 1.807) is 18.0 Å². The predicted octanol–water partition coefficient (Wildman–Crippen LogP) is 3.28. The first-order valence-electron chi connectivity index (χ1n) is 6.28. The van der Waals surface area contributed by atoms with Crippen molar-refractivity contribution in [3.8, 4) is 0 Å². The van der Waals surface area contributed by atoms with E-state index in [4.69, 9.17) is 5.73 Å². The van der Waals surface area contributed by atoms with Crippen LogP contribution in [0.4, 0.5) is 24.7 Å². The van der Waals surface area contributed by atoms with Crippen LogP contribution in [-0.4, -0.2) is 17.2 Å². The molecule has 0 fully saturated rings. The molecular formula is C14H15F3N4. The van der Waals surface area contributed by atoms with Crippen LogP contribution in [0.25, 0.3) is 0 Å². The summed E-state index contributed by atoms with van der Waals surface area (Å²) in [4.78, 5) is 1.74. The molecule has 0 aliphatic rings. The summed E-state index contributed by atoms with van der Waals surface area (Å²) in [7, 11) is 1.74. The molecule has 0 aliphatic heterocycles. The van der Waals surface area contributed by atoms with E-state index in [1.807, 2.05) is 25.1 Å². The topological polar surface area (TPSA) is 55.0 Å². The van der Waals surface area contributed by atoms with Crippen LogP contribution in [0.2, 0.25) is 0 Å². The summed E-state index contributed by atoms with van der Waals surface area (Å²) in [5.74, 6) is 0.359. The van der Waals surface area contributed by atoms with Crippen molar-refractivity contribution >= 4 is 11.5 Å². The smallest absolute Gasteiger partial charge is 0.399 e. The SMILES string of the molecule is CC(c1cccc(N)c1)N(C)c1ccc(C(F)(F)F)nn1. The van der Waals surface area contributed by atoms with Gasteiger partial charge in [0.1, 0.15) is 0 Å². The quantitative estimate of drug-likeness (QED) is 0.883. The number of hydrogen-bond donors (Lipinski definition) is 1. The van der Waals surface area contributed by atoms with Gasteiger partial charge in [-0.3, -0.25) is 0 Å². The zero-order chi connectivity index (χ0) is 15.6. The number of nitrogens with two attached hydrogens (primary N) is 1. The molecule has 0 radical (unpaired) electrons. The van der Waals surface area contributed by atoms with Gasteiger partial charge in [-0.05, 0) is 36.8 Å². The van der Waals surface area contributed by atoms with Crippen molar-refractivity contribution in [2.24, 2.45) is 0 Å². The molecule has 112 valence electrons. The molecule has 1 unspecified atom stereocenters. The number of alkyl halides is 3. The first-order chi connectivity index (χ1) is 9.79. The largest absolute Gasteiger partial charge is 0.435 e. The second-order valence-electron chi connectivity index (χ2n) is 4.73. The maximum Gasteiger partial charge on any atom is 0.435 e. The zero-order valence-electron chi connectivity index (χ0n) is 11.6. The minimum atomic E-state index is -4.48. The third-order valence-electron chi connectivity index (χ3n) is 3.28. The second kappa shape index (κ2) is 5.59. The van der Waals surface area contributed by atoms with Crippen molar-refractivity contribution in [3.05, 3.63) is 47.7 Å². The fourth-order valence-corrected chi connectivity index (χ4v) is 1.91. The molecule has 2 rings (SSSR count). The van der Waals surface area contributed by atoms with Gasteiger partial charge in [-0.15, -0.1) is 10.2 Å². The maximum absolute atomic E-state index is 12.5. The normalized spacial score (nSPS) is 13.0. The monoisotopic (exact) mass is 296 g/mol. The van der Waals surface area contributed by atoms with Gasteiger partial charge in [-0.25, -0.2) is 0 Å². The summed E-state index contributed by atoms with van der Waals surface area (Å²) in [5, 5.41) is 6.86. The van der Waals surface area contributed by atoms with E-state index in [0.717, 1.165) is 11.6 Å². The van der Waals surface area contributed by atoms with E-state index >= 15 is 0 Å². The molecule has 1 atom stereocenters. The number of hydrogen-bond acceptors (Lipinski definition) is 4. The summed E-state index contributed by atoms with van der Waals surface area (Å²) >= 11 is 0. The summed E-state index contributed by atoms with van der Waals surface area (Å²) in [6.07, 6.45) is -4.48. The lowest BCUT2D eigenvalue weighted by Gasteiger charge is -2.26. The van der Waals surface area contributed by atoms with Crippen molar-refractivity contribution in [2.45, 2.75) is 19.1 Å². The Morgan fingerprint density at radius 3 is 2.38 bits per heavy atom. The minimum absolute atomic E-state index is 0.0977. The van der Waals surface area contributed by atoms with Gasteiger partial charge in [-0.2, -0.15) is 13.2 Å². The minimum Gasteiger partial charge on any atom is -0.399 e. The lowest BCUT2D eigenvalue weighted by atomic mass is 10.1. The number of halogens is 3. The molecule has 1 aromatic heterocycles. The molecule has 2 N–H and O–H groups in total. The number of nitrogen functional groups attached to an aromatic ring is 1. The molecule has 21 heavy (non-hydrogen) atoms. The van der Waals surface area contributed by atoms with E-state index in [0.29, 0.717) is 11.5 Å². The molecule has 0 saturated carbocycles. The Morgan fingerprint density at radius 2 is 1.86 bits per heavy atom. The summed E-state index contributed by atoms with van der Waals surface area (Å²) < 4.78 is 37.4. The highest BCUT2D eigenvalue weighted by molar-refractivity contribution is 5.46. The van der Waals surface area contributed by atoms with E-state index in [1.165, 1.54) is 6.07 Å². The van der Waals surface area contributed by atoms with Crippen molar-refractivity contribution in [3.63, 3.8) is 0 Å². The summed E-state index contributed by atoms with van der Waals surface area (Å²) in [6.45, 7) is 1.91. The number of benzene rings is 1. The molecule has 1 aromatic carbocycles. The van der Waals surface area contributed by atoms with Crippen molar-refractivity contribution in [1.29, 1.82) is 0 Å². The Bertz CT molecular complexity index is 610. The van der Waals surface area contributed by atoms with Crippen molar-refractivity contribution in [1.82, 2.24) is 10.2 Å². The molecule has 0 spiro atoms. The van der Waals surface area contributed by atoms with Crippen LogP contribution in [0, 0.1) is 0 Å². The van der Waals surface area contributed by atoms with Crippen LogP contribution in [0.5, 0.6) is 0 Å². The molecule has 1 heterocycles. The van der Waals surface area contributed by atoms with Gasteiger partial charge in [0, 0.05) is 12.7 Å². The molecule has 2 aromatic rings. The van der Waals surface area contributed by atoms with Gasteiger partial charge in [0.25, 0.3) is 0 Å². The average molecular weight is 296 g/mol. The lowest BCUT2D eigenvalue weighted by Crippen LogP contribution is -2.23. The first kappa shape index (κ1) is 15.1. The fourth-order valence-electron chi connectivity index (χ4n) is 1.91. The molecular weight excluding hydrogens is 281 g/mol. The van der Waals surface area contributed by atoms with Crippen LogP contribution in [0.1, 0.15) is 24.2 Å². The number of nitrogens with zero attached hydrogens (tertiary/aromatic N) is 3. The number of anilines is 2. The average Bonchev–Trinajstić information content (AvgIpc) is 2.45. The summed E-state index contributed by atoms with van der Waals surface area (Å²) in [5.41, 5.74) is 6.30. The van der Waals surface area contributed by atoms with Gasteiger partial charge < -0.3 is 10.6 Å². The maximum atomic E-state index is 12.5. The van der Waals surface area contributed by atoms with E-state index < -0.39 is 11.9 Å². The Kier molecular flexibility index (Phi) is 4.02. The van der Waals surface area contributed by atoms with Gasteiger partial charge >= 0.3 is 6.18 Å². The standard InChI is InChI=1S/C14H15F3N4/c1-9(10-4-3-5-11(18)8-10)21(2)13-7-6-12(19-20-13)14(15,16)17/h3-9H,18H2,1-2H3. The lowest BCUT2D eigenvalue weighted by molar-refractivity contribution is -0.141. The van der Waals surface area contributed by atoms with E-state index in [9.17, 15) is 13.2 Å². The molecule has 0 saturated heterocycles. The fraction of sp³-hybridized carbons (Fsp3) is 0.286. The van der Waals surface area contributed by atoms with Gasteiger partial charge in [0.15, 0.2) is 11.5 Å². The second-order valence-corrected chi connectivity index (χ2v) is 4.73. The van der Waals surface area contributed by atoms with Crippen LogP contribution >= 0.6 is 0 Å². The predicted molar refractivity (Wildman–Crippen MR) is 74.7 cm³/mol. The van der Waals surface area contributed by atoms with Crippen molar-refractivity contribution in [2.75, 3.05) is 17.7 Å². The molecule has 0 bridgehead atoms. The van der Waals surface area contributed by atoms with Crippen molar-refractivity contribution < 1.29 is 13.2 Å². The highest BCUT2D eigenvalue weighted by atomic mass is 19.4. The van der Waals surface area contributed by atoms with Crippen LogP contribution < -0.4 is 10.6 Å².